The molecule has 2 aromatic rings. The second kappa shape index (κ2) is 5.91. The monoisotopic (exact) mass is 337 g/mol. The molecule has 21 heavy (non-hydrogen) atoms. The summed E-state index contributed by atoms with van der Waals surface area (Å²) < 4.78 is 0. The van der Waals surface area contributed by atoms with Gasteiger partial charge >= 0.3 is 0 Å². The van der Waals surface area contributed by atoms with Crippen molar-refractivity contribution in [3.63, 3.8) is 0 Å². The van der Waals surface area contributed by atoms with Crippen LogP contribution < -0.4 is 4.90 Å². The van der Waals surface area contributed by atoms with E-state index in [0.29, 0.717) is 15.8 Å². The zero-order valence-electron chi connectivity index (χ0n) is 11.3. The average molecular weight is 338 g/mol. The van der Waals surface area contributed by atoms with Crippen LogP contribution in [0.3, 0.4) is 0 Å². The van der Waals surface area contributed by atoms with Gasteiger partial charge in [0.15, 0.2) is 0 Å². The van der Waals surface area contributed by atoms with Gasteiger partial charge in [-0.05, 0) is 30.7 Å². The minimum Gasteiger partial charge on any atom is -0.295 e. The fourth-order valence-corrected chi connectivity index (χ4v) is 3.79. The second-order valence-corrected chi connectivity index (χ2v) is 6.82. The first-order chi connectivity index (χ1) is 10.1. The van der Waals surface area contributed by atoms with Crippen molar-refractivity contribution in [2.24, 2.45) is 0 Å². The van der Waals surface area contributed by atoms with Crippen LogP contribution in [0.4, 0.5) is 5.69 Å². The van der Waals surface area contributed by atoms with E-state index in [4.69, 9.17) is 23.2 Å². The van der Waals surface area contributed by atoms with E-state index < -0.39 is 0 Å². The number of carbonyl (C=O) groups is 1. The Morgan fingerprint density at radius 1 is 1.10 bits per heavy atom. The van der Waals surface area contributed by atoms with Gasteiger partial charge in [-0.2, -0.15) is 0 Å². The van der Waals surface area contributed by atoms with Crippen molar-refractivity contribution in [1.82, 2.24) is 0 Å². The topological polar surface area (TPSA) is 20.3 Å². The first-order valence-electron chi connectivity index (χ1n) is 6.51. The fourth-order valence-electron chi connectivity index (χ4n) is 2.32. The van der Waals surface area contributed by atoms with E-state index in [-0.39, 0.29) is 11.3 Å². The summed E-state index contributed by atoms with van der Waals surface area (Å²) in [4.78, 5) is 14.0. The van der Waals surface area contributed by atoms with E-state index in [9.17, 15) is 4.79 Å². The summed E-state index contributed by atoms with van der Waals surface area (Å²) in [5, 5.41) is 0.934. The number of hydrogen-bond donors (Lipinski definition) is 0. The lowest BCUT2D eigenvalue weighted by molar-refractivity contribution is -0.115. The van der Waals surface area contributed by atoms with Crippen molar-refractivity contribution >= 4 is 46.6 Å². The van der Waals surface area contributed by atoms with Crippen LogP contribution >= 0.6 is 35.0 Å². The third-order valence-electron chi connectivity index (χ3n) is 3.41. The molecule has 0 unspecified atom stereocenters. The Balaban J connectivity index is 1.99. The maximum absolute atomic E-state index is 12.3. The zero-order valence-corrected chi connectivity index (χ0v) is 13.7. The number of halogens is 2. The van der Waals surface area contributed by atoms with Crippen LogP contribution in [-0.2, 0) is 4.79 Å². The van der Waals surface area contributed by atoms with Crippen LogP contribution in [0, 0.1) is 6.92 Å². The molecule has 0 radical (unpaired) electrons. The fraction of sp³-hybridized carbons (Fsp3) is 0.188. The number of aryl methyl sites for hydroxylation is 1. The van der Waals surface area contributed by atoms with Crippen molar-refractivity contribution < 1.29 is 4.79 Å². The molecule has 1 amide bonds. The molecule has 1 fully saturated rings. The van der Waals surface area contributed by atoms with Crippen LogP contribution in [0.25, 0.3) is 0 Å². The molecule has 1 aliphatic heterocycles. The number of anilines is 1. The van der Waals surface area contributed by atoms with Crippen molar-refractivity contribution in [3.8, 4) is 0 Å². The van der Waals surface area contributed by atoms with Crippen LogP contribution in [0.2, 0.25) is 10.0 Å². The van der Waals surface area contributed by atoms with E-state index >= 15 is 0 Å². The lowest BCUT2D eigenvalue weighted by Crippen LogP contribution is -2.27. The quantitative estimate of drug-likeness (QED) is 0.761. The Labute approximate surface area is 138 Å². The molecule has 0 aromatic heterocycles. The lowest BCUT2D eigenvalue weighted by Gasteiger charge is -2.24. The first kappa shape index (κ1) is 14.8. The smallest absolute Gasteiger partial charge is 0.238 e. The van der Waals surface area contributed by atoms with E-state index in [1.54, 1.807) is 28.8 Å². The van der Waals surface area contributed by atoms with Crippen LogP contribution in [-0.4, -0.2) is 11.7 Å². The average Bonchev–Trinajstić information content (AvgIpc) is 2.85. The molecule has 1 aliphatic rings. The van der Waals surface area contributed by atoms with E-state index in [1.807, 2.05) is 13.0 Å². The molecule has 5 heteroatoms. The third kappa shape index (κ3) is 2.91. The minimum absolute atomic E-state index is 0.0182. The number of amides is 1. The van der Waals surface area contributed by atoms with Crippen LogP contribution in [0.1, 0.15) is 16.5 Å². The van der Waals surface area contributed by atoms with Crippen LogP contribution in [0.5, 0.6) is 0 Å². The molecule has 2 aromatic carbocycles. The summed E-state index contributed by atoms with van der Waals surface area (Å²) in [5.74, 6) is 0.558. The predicted octanol–water partition coefficient (Wildman–Crippen LogP) is 5.08. The summed E-state index contributed by atoms with van der Waals surface area (Å²) in [7, 11) is 0. The molecule has 2 nitrogen and oxygen atoms in total. The van der Waals surface area contributed by atoms with Gasteiger partial charge in [0.05, 0.1) is 15.8 Å². The number of benzene rings is 2. The molecule has 1 saturated heterocycles. The molecule has 0 spiro atoms. The van der Waals surface area contributed by atoms with Crippen molar-refractivity contribution in [3.05, 3.63) is 63.6 Å². The molecule has 3 rings (SSSR count). The van der Waals surface area contributed by atoms with Gasteiger partial charge < -0.3 is 0 Å². The predicted molar refractivity (Wildman–Crippen MR) is 90.3 cm³/mol. The molecule has 0 bridgehead atoms. The molecule has 108 valence electrons. The lowest BCUT2D eigenvalue weighted by atomic mass is 10.1. The minimum atomic E-state index is -0.0182. The van der Waals surface area contributed by atoms with Crippen molar-refractivity contribution in [2.75, 3.05) is 10.7 Å². The van der Waals surface area contributed by atoms with E-state index in [1.165, 1.54) is 5.56 Å². The number of hydrogen-bond acceptors (Lipinski definition) is 2. The zero-order chi connectivity index (χ0) is 15.0. The molecular formula is C16H13Cl2NOS. The Bertz CT molecular complexity index is 687. The standard InChI is InChI=1S/C16H13Cl2NOS/c1-10-2-4-11(5-3-10)16-19(15(20)9-21-16)12-6-7-13(17)14(18)8-12/h2-8,16H,9H2,1H3/t16-/m0/s1. The normalized spacial score (nSPS) is 18.3. The van der Waals surface area contributed by atoms with Gasteiger partial charge in [0.1, 0.15) is 5.37 Å². The van der Waals surface area contributed by atoms with Gasteiger partial charge in [0.25, 0.3) is 0 Å². The molecule has 0 N–H and O–H groups in total. The number of thioether (sulfide) groups is 1. The maximum atomic E-state index is 12.3. The second-order valence-electron chi connectivity index (χ2n) is 4.94. The third-order valence-corrected chi connectivity index (χ3v) is 5.36. The Kier molecular flexibility index (Phi) is 4.16. The number of carbonyl (C=O) groups excluding carboxylic acids is 1. The summed E-state index contributed by atoms with van der Waals surface area (Å²) in [6.07, 6.45) is 0. The van der Waals surface area contributed by atoms with Gasteiger partial charge in [0.2, 0.25) is 5.91 Å². The highest BCUT2D eigenvalue weighted by Gasteiger charge is 2.34. The summed E-state index contributed by atoms with van der Waals surface area (Å²) >= 11 is 13.7. The number of rotatable bonds is 2. The molecule has 1 atom stereocenters. The molecule has 0 aliphatic carbocycles. The van der Waals surface area contributed by atoms with Crippen LogP contribution in [0.15, 0.2) is 42.5 Å². The Morgan fingerprint density at radius 2 is 1.81 bits per heavy atom. The highest BCUT2D eigenvalue weighted by Crippen LogP contribution is 2.42. The highest BCUT2D eigenvalue weighted by atomic mass is 35.5. The largest absolute Gasteiger partial charge is 0.295 e. The van der Waals surface area contributed by atoms with E-state index in [0.717, 1.165) is 11.3 Å². The van der Waals surface area contributed by atoms with Gasteiger partial charge in [-0.25, -0.2) is 0 Å². The highest BCUT2D eigenvalue weighted by molar-refractivity contribution is 8.00. The SMILES string of the molecule is Cc1ccc([C@@H]2SCC(=O)N2c2ccc(Cl)c(Cl)c2)cc1. The summed E-state index contributed by atoms with van der Waals surface area (Å²) in [6, 6.07) is 13.6. The Hall–Kier alpha value is -1.16. The number of nitrogens with zero attached hydrogens (tertiary/aromatic N) is 1. The maximum Gasteiger partial charge on any atom is 0.238 e. The summed E-state index contributed by atoms with van der Waals surface area (Å²) in [5.41, 5.74) is 3.10. The van der Waals surface area contributed by atoms with Crippen molar-refractivity contribution in [1.29, 1.82) is 0 Å². The molecular weight excluding hydrogens is 325 g/mol. The first-order valence-corrected chi connectivity index (χ1v) is 8.32. The van der Waals surface area contributed by atoms with E-state index in [2.05, 4.69) is 24.3 Å². The van der Waals surface area contributed by atoms with Gasteiger partial charge in [0, 0.05) is 5.69 Å². The van der Waals surface area contributed by atoms with Gasteiger partial charge in [-0.1, -0.05) is 53.0 Å². The Morgan fingerprint density at radius 3 is 2.48 bits per heavy atom. The van der Waals surface area contributed by atoms with Gasteiger partial charge in [-0.15, -0.1) is 11.8 Å². The molecule has 1 heterocycles. The van der Waals surface area contributed by atoms with Gasteiger partial charge in [-0.3, -0.25) is 9.69 Å². The summed E-state index contributed by atoms with van der Waals surface area (Å²) in [6.45, 7) is 2.05. The van der Waals surface area contributed by atoms with Crippen molar-refractivity contribution in [2.45, 2.75) is 12.3 Å². The molecule has 0 saturated carbocycles.